The molecule has 20 heavy (non-hydrogen) atoms. The number of fused-ring (bicyclic) bond motifs is 1. The average molecular weight is 267 g/mol. The fourth-order valence-electron chi connectivity index (χ4n) is 2.15. The number of nitrogens with one attached hydrogen (secondary N) is 1. The van der Waals surface area contributed by atoms with Gasteiger partial charge in [-0.05, 0) is 18.1 Å². The van der Waals surface area contributed by atoms with E-state index in [0.29, 0.717) is 11.7 Å². The van der Waals surface area contributed by atoms with Gasteiger partial charge in [-0.1, -0.05) is 26.3 Å². The molecule has 1 atom stereocenters. The summed E-state index contributed by atoms with van der Waals surface area (Å²) in [6, 6.07) is 5.88. The molecule has 0 bridgehead atoms. The lowest BCUT2D eigenvalue weighted by molar-refractivity contribution is 0.544. The predicted octanol–water partition coefficient (Wildman–Crippen LogP) is 3.00. The normalized spacial score (nSPS) is 12.7. The topological polar surface area (TPSA) is 67.3 Å². The van der Waals surface area contributed by atoms with E-state index in [1.54, 1.807) is 12.4 Å². The molecule has 0 saturated carbocycles. The predicted molar refractivity (Wildman–Crippen MR) is 78.1 cm³/mol. The minimum absolute atomic E-state index is 0.600. The highest BCUT2D eigenvalue weighted by Crippen LogP contribution is 2.23. The molecule has 0 fully saturated rings. The molecule has 1 unspecified atom stereocenters. The monoisotopic (exact) mass is 267 g/mol. The SMILES string of the molecule is CCC(C)Cc1nc(-c2cccc3nccnc23)n[nH]1. The molecule has 0 spiro atoms. The molecule has 2 heterocycles. The highest BCUT2D eigenvalue weighted by atomic mass is 15.2. The standard InChI is InChI=1S/C15H17N5/c1-3-10(2)9-13-18-15(20-19-13)11-5-4-6-12-14(11)17-8-7-16-12/h4-8,10H,3,9H2,1-2H3,(H,18,19,20). The zero-order chi connectivity index (χ0) is 13.9. The molecule has 5 heteroatoms. The Bertz CT molecular complexity index is 714. The minimum Gasteiger partial charge on any atom is -0.263 e. The molecule has 0 saturated heterocycles. The summed E-state index contributed by atoms with van der Waals surface area (Å²) in [6.45, 7) is 4.40. The number of hydrogen-bond donors (Lipinski definition) is 1. The Morgan fingerprint density at radius 3 is 2.90 bits per heavy atom. The van der Waals surface area contributed by atoms with Crippen LogP contribution in [0.25, 0.3) is 22.4 Å². The summed E-state index contributed by atoms with van der Waals surface area (Å²) < 4.78 is 0. The number of aromatic amines is 1. The Hall–Kier alpha value is -2.30. The molecule has 1 aromatic carbocycles. The summed E-state index contributed by atoms with van der Waals surface area (Å²) in [5, 5.41) is 7.34. The largest absolute Gasteiger partial charge is 0.263 e. The average Bonchev–Trinajstić information content (AvgIpc) is 2.94. The molecular weight excluding hydrogens is 250 g/mol. The van der Waals surface area contributed by atoms with Crippen molar-refractivity contribution in [3.05, 3.63) is 36.4 Å². The number of nitrogens with zero attached hydrogens (tertiary/aromatic N) is 4. The van der Waals surface area contributed by atoms with Gasteiger partial charge >= 0.3 is 0 Å². The first-order chi connectivity index (χ1) is 9.78. The van der Waals surface area contributed by atoms with E-state index >= 15 is 0 Å². The van der Waals surface area contributed by atoms with Crippen LogP contribution in [0.2, 0.25) is 0 Å². The van der Waals surface area contributed by atoms with Gasteiger partial charge in [0.15, 0.2) is 5.82 Å². The number of hydrogen-bond acceptors (Lipinski definition) is 4. The summed E-state index contributed by atoms with van der Waals surface area (Å²) in [6.07, 6.45) is 5.44. The molecule has 1 N–H and O–H groups in total. The Balaban J connectivity index is 1.99. The van der Waals surface area contributed by atoms with E-state index in [-0.39, 0.29) is 0 Å². The number of benzene rings is 1. The first-order valence-corrected chi connectivity index (χ1v) is 6.89. The maximum absolute atomic E-state index is 4.58. The van der Waals surface area contributed by atoms with Crippen molar-refractivity contribution in [3.63, 3.8) is 0 Å². The van der Waals surface area contributed by atoms with Gasteiger partial charge in [-0.15, -0.1) is 0 Å². The number of aromatic nitrogens is 5. The van der Waals surface area contributed by atoms with Crippen LogP contribution in [-0.4, -0.2) is 25.1 Å². The fraction of sp³-hybridized carbons (Fsp3) is 0.333. The van der Waals surface area contributed by atoms with Crippen molar-refractivity contribution < 1.29 is 0 Å². The highest BCUT2D eigenvalue weighted by molar-refractivity contribution is 5.88. The Morgan fingerprint density at radius 2 is 2.05 bits per heavy atom. The first-order valence-electron chi connectivity index (χ1n) is 6.89. The lowest BCUT2D eigenvalue weighted by Crippen LogP contribution is -1.99. The number of H-pyrrole nitrogens is 1. The molecule has 0 aliphatic carbocycles. The zero-order valence-electron chi connectivity index (χ0n) is 11.7. The van der Waals surface area contributed by atoms with E-state index in [9.17, 15) is 0 Å². The van der Waals surface area contributed by atoms with Gasteiger partial charge in [0, 0.05) is 24.4 Å². The van der Waals surface area contributed by atoms with Crippen LogP contribution in [0.1, 0.15) is 26.1 Å². The summed E-state index contributed by atoms with van der Waals surface area (Å²) >= 11 is 0. The second kappa shape index (κ2) is 5.36. The van der Waals surface area contributed by atoms with Gasteiger partial charge in [-0.3, -0.25) is 15.1 Å². The van der Waals surface area contributed by atoms with Crippen LogP contribution in [-0.2, 0) is 6.42 Å². The van der Waals surface area contributed by atoms with Crippen molar-refractivity contribution in [2.45, 2.75) is 26.7 Å². The molecule has 0 amide bonds. The van der Waals surface area contributed by atoms with Crippen LogP contribution < -0.4 is 0 Å². The Labute approximate surface area is 117 Å². The van der Waals surface area contributed by atoms with Gasteiger partial charge in [0.05, 0.1) is 11.0 Å². The molecule has 5 nitrogen and oxygen atoms in total. The first kappa shape index (κ1) is 12.7. The third-order valence-electron chi connectivity index (χ3n) is 3.51. The van der Waals surface area contributed by atoms with Gasteiger partial charge in [0.25, 0.3) is 0 Å². The van der Waals surface area contributed by atoms with Crippen molar-refractivity contribution in [3.8, 4) is 11.4 Å². The molecule has 2 aromatic heterocycles. The highest BCUT2D eigenvalue weighted by Gasteiger charge is 2.12. The Kier molecular flexibility index (Phi) is 3.41. The molecule has 3 aromatic rings. The number of rotatable bonds is 4. The lowest BCUT2D eigenvalue weighted by Gasteiger charge is -2.03. The second-order valence-corrected chi connectivity index (χ2v) is 5.05. The summed E-state index contributed by atoms with van der Waals surface area (Å²) in [7, 11) is 0. The molecule has 0 aliphatic rings. The van der Waals surface area contributed by atoms with E-state index in [2.05, 4.69) is 39.0 Å². The van der Waals surface area contributed by atoms with Crippen LogP contribution in [0.5, 0.6) is 0 Å². The quantitative estimate of drug-likeness (QED) is 0.789. The third-order valence-corrected chi connectivity index (χ3v) is 3.51. The van der Waals surface area contributed by atoms with Crippen LogP contribution in [0.3, 0.4) is 0 Å². The van der Waals surface area contributed by atoms with Gasteiger partial charge in [0.2, 0.25) is 0 Å². The van der Waals surface area contributed by atoms with Crippen LogP contribution in [0.15, 0.2) is 30.6 Å². The van der Waals surface area contributed by atoms with Crippen LogP contribution >= 0.6 is 0 Å². The zero-order valence-corrected chi connectivity index (χ0v) is 11.7. The van der Waals surface area contributed by atoms with Gasteiger partial charge in [-0.2, -0.15) is 5.10 Å². The van der Waals surface area contributed by atoms with Crippen molar-refractivity contribution in [1.82, 2.24) is 25.1 Å². The van der Waals surface area contributed by atoms with Gasteiger partial charge in [-0.25, -0.2) is 4.98 Å². The van der Waals surface area contributed by atoms with Crippen LogP contribution in [0, 0.1) is 5.92 Å². The van der Waals surface area contributed by atoms with Gasteiger partial charge in [0.1, 0.15) is 5.82 Å². The Morgan fingerprint density at radius 1 is 1.20 bits per heavy atom. The third kappa shape index (κ3) is 2.39. The molecule has 102 valence electrons. The van der Waals surface area contributed by atoms with Crippen LogP contribution in [0.4, 0.5) is 0 Å². The molecule has 0 radical (unpaired) electrons. The molecule has 3 rings (SSSR count). The summed E-state index contributed by atoms with van der Waals surface area (Å²) in [5.74, 6) is 2.22. The summed E-state index contributed by atoms with van der Waals surface area (Å²) in [5.41, 5.74) is 2.62. The number of para-hydroxylation sites is 1. The fourth-order valence-corrected chi connectivity index (χ4v) is 2.15. The summed E-state index contributed by atoms with van der Waals surface area (Å²) in [4.78, 5) is 13.3. The molecular formula is C15H17N5. The lowest BCUT2D eigenvalue weighted by atomic mass is 10.1. The van der Waals surface area contributed by atoms with E-state index in [1.165, 1.54) is 0 Å². The second-order valence-electron chi connectivity index (χ2n) is 5.05. The minimum atomic E-state index is 0.600. The maximum atomic E-state index is 4.58. The smallest absolute Gasteiger partial charge is 0.183 e. The van der Waals surface area contributed by atoms with Crippen molar-refractivity contribution in [2.75, 3.05) is 0 Å². The van der Waals surface area contributed by atoms with Crippen molar-refractivity contribution in [1.29, 1.82) is 0 Å². The molecule has 0 aliphatic heterocycles. The van der Waals surface area contributed by atoms with E-state index < -0.39 is 0 Å². The van der Waals surface area contributed by atoms with Crippen molar-refractivity contribution >= 4 is 11.0 Å². The maximum Gasteiger partial charge on any atom is 0.183 e. The van der Waals surface area contributed by atoms with E-state index in [1.807, 2.05) is 18.2 Å². The van der Waals surface area contributed by atoms with E-state index in [4.69, 9.17) is 0 Å². The van der Waals surface area contributed by atoms with Gasteiger partial charge < -0.3 is 0 Å². The van der Waals surface area contributed by atoms with E-state index in [0.717, 1.165) is 35.3 Å². The van der Waals surface area contributed by atoms with Crippen molar-refractivity contribution in [2.24, 2.45) is 5.92 Å².